The van der Waals surface area contributed by atoms with E-state index in [1.165, 1.54) is 4.31 Å². The van der Waals surface area contributed by atoms with Crippen LogP contribution in [0.15, 0.2) is 17.0 Å². The van der Waals surface area contributed by atoms with Gasteiger partial charge in [-0.15, -0.1) is 0 Å². The molecule has 0 amide bonds. The molecule has 1 aromatic rings. The molecule has 20 heavy (non-hydrogen) atoms. The van der Waals surface area contributed by atoms with Crippen LogP contribution in [-0.4, -0.2) is 38.0 Å². The van der Waals surface area contributed by atoms with E-state index in [9.17, 15) is 8.42 Å². The molecule has 5 nitrogen and oxygen atoms in total. The summed E-state index contributed by atoms with van der Waals surface area (Å²) in [6.07, 6.45) is -0.104. The molecule has 0 radical (unpaired) electrons. The lowest BCUT2D eigenvalue weighted by Crippen LogP contribution is -2.50. The van der Waals surface area contributed by atoms with Crippen molar-refractivity contribution in [1.29, 1.82) is 0 Å². The van der Waals surface area contributed by atoms with E-state index in [1.54, 1.807) is 13.0 Å². The number of benzene rings is 1. The summed E-state index contributed by atoms with van der Waals surface area (Å²) in [6.45, 7) is 8.09. The molecule has 1 heterocycles. The van der Waals surface area contributed by atoms with E-state index >= 15 is 0 Å². The topological polar surface area (TPSA) is 72.6 Å². The molecule has 1 aliphatic heterocycles. The van der Waals surface area contributed by atoms with E-state index in [-0.39, 0.29) is 17.0 Å². The van der Waals surface area contributed by atoms with Gasteiger partial charge < -0.3 is 10.5 Å². The second-order valence-corrected chi connectivity index (χ2v) is 7.34. The maximum Gasteiger partial charge on any atom is 0.245 e. The van der Waals surface area contributed by atoms with Crippen LogP contribution in [0.1, 0.15) is 25.0 Å². The molecular weight excluding hydrogens is 276 g/mol. The number of rotatable bonds is 2. The third kappa shape index (κ3) is 2.55. The molecule has 0 aromatic heterocycles. The molecule has 2 atom stereocenters. The van der Waals surface area contributed by atoms with Crippen LogP contribution in [0.4, 0.5) is 5.69 Å². The Bertz CT molecular complexity index is 613. The summed E-state index contributed by atoms with van der Waals surface area (Å²) in [4.78, 5) is 0.235. The molecule has 1 saturated heterocycles. The van der Waals surface area contributed by atoms with Crippen LogP contribution >= 0.6 is 0 Å². The summed E-state index contributed by atoms with van der Waals surface area (Å²) in [5, 5.41) is 0. The third-order valence-electron chi connectivity index (χ3n) is 3.73. The number of sulfonamides is 1. The first-order valence-electron chi connectivity index (χ1n) is 6.74. The van der Waals surface area contributed by atoms with Crippen LogP contribution in [0.2, 0.25) is 0 Å². The minimum Gasteiger partial charge on any atom is -0.397 e. The summed E-state index contributed by atoms with van der Waals surface area (Å²) in [7, 11) is -3.60. The van der Waals surface area contributed by atoms with Crippen molar-refractivity contribution in [3.63, 3.8) is 0 Å². The van der Waals surface area contributed by atoms with Gasteiger partial charge in [0.2, 0.25) is 10.0 Å². The highest BCUT2D eigenvalue weighted by atomic mass is 32.2. The predicted octanol–water partition coefficient (Wildman–Crippen LogP) is 1.68. The van der Waals surface area contributed by atoms with Gasteiger partial charge in [-0.05, 0) is 38.8 Å². The largest absolute Gasteiger partial charge is 0.397 e. The number of morpholine rings is 1. The molecular formula is C14H22N2O3S. The van der Waals surface area contributed by atoms with Crippen molar-refractivity contribution in [3.05, 3.63) is 23.3 Å². The van der Waals surface area contributed by atoms with Crippen molar-refractivity contribution in [2.24, 2.45) is 0 Å². The molecule has 0 saturated carbocycles. The van der Waals surface area contributed by atoms with Crippen molar-refractivity contribution in [3.8, 4) is 0 Å². The van der Waals surface area contributed by atoms with Crippen LogP contribution in [0, 0.1) is 13.8 Å². The number of aryl methyl sites for hydroxylation is 2. The molecule has 112 valence electrons. The van der Waals surface area contributed by atoms with Gasteiger partial charge in [0, 0.05) is 12.6 Å². The Hall–Kier alpha value is -1.11. The van der Waals surface area contributed by atoms with E-state index in [0.29, 0.717) is 24.4 Å². The highest BCUT2D eigenvalue weighted by Crippen LogP contribution is 2.31. The minimum absolute atomic E-state index is 0.104. The second-order valence-electron chi connectivity index (χ2n) is 5.51. The van der Waals surface area contributed by atoms with Crippen molar-refractivity contribution >= 4 is 15.7 Å². The highest BCUT2D eigenvalue weighted by Gasteiger charge is 2.36. The normalized spacial score (nSPS) is 24.8. The molecule has 0 spiro atoms. The van der Waals surface area contributed by atoms with E-state index in [4.69, 9.17) is 10.5 Å². The van der Waals surface area contributed by atoms with Crippen LogP contribution in [0.5, 0.6) is 0 Å². The van der Waals surface area contributed by atoms with E-state index in [2.05, 4.69) is 0 Å². The number of hydrogen-bond acceptors (Lipinski definition) is 4. The molecule has 0 bridgehead atoms. The van der Waals surface area contributed by atoms with Crippen LogP contribution < -0.4 is 5.73 Å². The second kappa shape index (κ2) is 5.35. The van der Waals surface area contributed by atoms with Gasteiger partial charge in [-0.25, -0.2) is 8.42 Å². The maximum absolute atomic E-state index is 12.9. The van der Waals surface area contributed by atoms with Crippen molar-refractivity contribution < 1.29 is 13.2 Å². The van der Waals surface area contributed by atoms with Crippen LogP contribution in [0.3, 0.4) is 0 Å². The number of hydrogen-bond donors (Lipinski definition) is 1. The fourth-order valence-corrected chi connectivity index (χ4v) is 4.56. The fourth-order valence-electron chi connectivity index (χ4n) is 2.47. The summed E-state index contributed by atoms with van der Waals surface area (Å²) >= 11 is 0. The SMILES string of the molecule is Cc1ccc(C)c(S(=O)(=O)N2CC(C)OCC2C)c1N. The minimum atomic E-state index is -3.60. The Labute approximate surface area is 120 Å². The number of nitrogens with zero attached hydrogens (tertiary/aromatic N) is 1. The standard InChI is InChI=1S/C14H22N2O3S/c1-9-5-6-10(2)14(13(9)15)20(17,18)16-7-12(4)19-8-11(16)3/h5-6,11-12H,7-8,15H2,1-4H3. The zero-order chi connectivity index (χ0) is 15.1. The fraction of sp³-hybridized carbons (Fsp3) is 0.571. The molecule has 0 aliphatic carbocycles. The molecule has 1 aromatic carbocycles. The van der Waals surface area contributed by atoms with Gasteiger partial charge >= 0.3 is 0 Å². The molecule has 2 rings (SSSR count). The van der Waals surface area contributed by atoms with Gasteiger partial charge in [0.25, 0.3) is 0 Å². The van der Waals surface area contributed by atoms with Crippen molar-refractivity contribution in [1.82, 2.24) is 4.31 Å². The first kappa shape index (κ1) is 15.3. The zero-order valence-corrected chi connectivity index (χ0v) is 13.2. The third-order valence-corrected chi connectivity index (χ3v) is 5.91. The monoisotopic (exact) mass is 298 g/mol. The Morgan fingerprint density at radius 1 is 1.25 bits per heavy atom. The van der Waals surface area contributed by atoms with Gasteiger partial charge in [0.15, 0.2) is 0 Å². The quantitative estimate of drug-likeness (QED) is 0.843. The average molecular weight is 298 g/mol. The Morgan fingerprint density at radius 3 is 2.50 bits per heavy atom. The highest BCUT2D eigenvalue weighted by molar-refractivity contribution is 7.89. The Kier molecular flexibility index (Phi) is 4.09. The summed E-state index contributed by atoms with van der Waals surface area (Å²) in [5.41, 5.74) is 7.82. The van der Waals surface area contributed by atoms with E-state index in [1.807, 2.05) is 26.8 Å². The molecule has 1 fully saturated rings. The first-order chi connectivity index (χ1) is 9.25. The molecule has 1 aliphatic rings. The summed E-state index contributed by atoms with van der Waals surface area (Å²) in [6, 6.07) is 3.46. The average Bonchev–Trinajstić information content (AvgIpc) is 2.37. The van der Waals surface area contributed by atoms with Gasteiger partial charge in [-0.2, -0.15) is 4.31 Å². The molecule has 2 unspecified atom stereocenters. The predicted molar refractivity (Wildman–Crippen MR) is 79.1 cm³/mol. The number of nitrogen functional groups attached to an aromatic ring is 1. The number of ether oxygens (including phenoxy) is 1. The smallest absolute Gasteiger partial charge is 0.245 e. The maximum atomic E-state index is 12.9. The Morgan fingerprint density at radius 2 is 1.85 bits per heavy atom. The first-order valence-corrected chi connectivity index (χ1v) is 8.18. The number of anilines is 1. The lowest BCUT2D eigenvalue weighted by atomic mass is 10.1. The van der Waals surface area contributed by atoms with Crippen LogP contribution in [-0.2, 0) is 14.8 Å². The lowest BCUT2D eigenvalue weighted by Gasteiger charge is -2.36. The van der Waals surface area contributed by atoms with E-state index in [0.717, 1.165) is 5.56 Å². The van der Waals surface area contributed by atoms with E-state index < -0.39 is 10.0 Å². The van der Waals surface area contributed by atoms with Crippen LogP contribution in [0.25, 0.3) is 0 Å². The van der Waals surface area contributed by atoms with Crippen molar-refractivity contribution in [2.45, 2.75) is 44.7 Å². The zero-order valence-electron chi connectivity index (χ0n) is 12.4. The molecule has 2 N–H and O–H groups in total. The van der Waals surface area contributed by atoms with Gasteiger partial charge in [0.05, 0.1) is 18.4 Å². The summed E-state index contributed by atoms with van der Waals surface area (Å²) < 4.78 is 32.9. The lowest BCUT2D eigenvalue weighted by molar-refractivity contribution is -0.0170. The molecule has 6 heteroatoms. The van der Waals surface area contributed by atoms with Gasteiger partial charge in [-0.3, -0.25) is 0 Å². The Balaban J connectivity index is 2.53. The van der Waals surface area contributed by atoms with Crippen molar-refractivity contribution in [2.75, 3.05) is 18.9 Å². The summed E-state index contributed by atoms with van der Waals surface area (Å²) in [5.74, 6) is 0. The van der Waals surface area contributed by atoms with Gasteiger partial charge in [-0.1, -0.05) is 12.1 Å². The van der Waals surface area contributed by atoms with Gasteiger partial charge in [0.1, 0.15) is 4.90 Å². The number of nitrogens with two attached hydrogens (primary N) is 1.